The number of thiophene rings is 1. The lowest BCUT2D eigenvalue weighted by Gasteiger charge is -2.03. The molecule has 4 heterocycles. The lowest BCUT2D eigenvalue weighted by molar-refractivity contribution is 1.27. The van der Waals surface area contributed by atoms with Crippen molar-refractivity contribution in [2.75, 3.05) is 0 Å². The minimum atomic E-state index is 0.891. The molecule has 0 amide bonds. The first-order valence-corrected chi connectivity index (χ1v) is 8.19. The smallest absolute Gasteiger partial charge is 0.106 e. The zero-order valence-corrected chi connectivity index (χ0v) is 12.9. The van der Waals surface area contributed by atoms with E-state index >= 15 is 0 Å². The summed E-state index contributed by atoms with van der Waals surface area (Å²) in [7, 11) is 0. The van der Waals surface area contributed by atoms with E-state index in [4.69, 9.17) is 0 Å². The van der Waals surface area contributed by atoms with Crippen LogP contribution in [0.15, 0.2) is 67.1 Å². The van der Waals surface area contributed by atoms with Gasteiger partial charge in [0.05, 0.1) is 22.1 Å². The number of rotatable bonds is 1. The average Bonchev–Trinajstić information content (AvgIpc) is 3.00. The summed E-state index contributed by atoms with van der Waals surface area (Å²) < 4.78 is 2.46. The molecule has 4 aromatic heterocycles. The predicted molar refractivity (Wildman–Crippen MR) is 95.7 cm³/mol. The Morgan fingerprint density at radius 1 is 0.783 bits per heavy atom. The van der Waals surface area contributed by atoms with Gasteiger partial charge in [-0.1, -0.05) is 24.3 Å². The molecule has 3 nitrogen and oxygen atoms in total. The van der Waals surface area contributed by atoms with Gasteiger partial charge in [-0.3, -0.25) is 15.0 Å². The summed E-state index contributed by atoms with van der Waals surface area (Å²) in [4.78, 5) is 13.5. The second-order valence-electron chi connectivity index (χ2n) is 5.40. The molecule has 0 radical (unpaired) electrons. The van der Waals surface area contributed by atoms with Gasteiger partial charge in [-0.2, -0.15) is 0 Å². The molecule has 0 spiro atoms. The van der Waals surface area contributed by atoms with Gasteiger partial charge >= 0.3 is 0 Å². The number of nitrogens with zero attached hydrogens (tertiary/aromatic N) is 3. The second kappa shape index (κ2) is 4.83. The summed E-state index contributed by atoms with van der Waals surface area (Å²) in [6, 6.07) is 16.6. The Kier molecular flexibility index (Phi) is 2.66. The van der Waals surface area contributed by atoms with E-state index in [-0.39, 0.29) is 0 Å². The van der Waals surface area contributed by atoms with Gasteiger partial charge in [-0.25, -0.2) is 0 Å². The monoisotopic (exact) mass is 313 g/mol. The Balaban J connectivity index is 1.84. The predicted octanol–water partition coefficient (Wildman–Crippen LogP) is 5.06. The van der Waals surface area contributed by atoms with Gasteiger partial charge in [0.1, 0.15) is 5.69 Å². The lowest BCUT2D eigenvalue weighted by atomic mass is 10.1. The van der Waals surface area contributed by atoms with Crippen LogP contribution in [0.2, 0.25) is 0 Å². The minimum absolute atomic E-state index is 0.891. The molecule has 0 aliphatic carbocycles. The van der Waals surface area contributed by atoms with Gasteiger partial charge in [-0.15, -0.1) is 11.3 Å². The highest BCUT2D eigenvalue weighted by atomic mass is 32.1. The molecule has 4 heteroatoms. The first-order valence-electron chi connectivity index (χ1n) is 7.37. The molecule has 5 aromatic rings. The second-order valence-corrected chi connectivity index (χ2v) is 6.45. The molecule has 23 heavy (non-hydrogen) atoms. The van der Waals surface area contributed by atoms with Crippen molar-refractivity contribution in [2.45, 2.75) is 0 Å². The van der Waals surface area contributed by atoms with Gasteiger partial charge in [0.25, 0.3) is 0 Å². The highest BCUT2D eigenvalue weighted by Gasteiger charge is 2.12. The molecule has 0 N–H and O–H groups in total. The summed E-state index contributed by atoms with van der Waals surface area (Å²) in [5.41, 5.74) is 2.73. The van der Waals surface area contributed by atoms with Crippen molar-refractivity contribution in [2.24, 2.45) is 0 Å². The molecule has 0 atom stereocenters. The number of fused-ring (bicyclic) bond motifs is 4. The number of aromatic nitrogens is 3. The van der Waals surface area contributed by atoms with Crippen molar-refractivity contribution in [3.05, 3.63) is 67.1 Å². The maximum Gasteiger partial charge on any atom is 0.106 e. The van der Waals surface area contributed by atoms with Crippen molar-refractivity contribution < 1.29 is 0 Å². The Bertz CT molecular complexity index is 1180. The SMILES string of the molecule is c1cnc2cnc(-c3nccc4c3sc3ccccc34)cc2c1. The molecule has 0 aliphatic heterocycles. The van der Waals surface area contributed by atoms with Crippen LogP contribution in [0, 0.1) is 0 Å². The summed E-state index contributed by atoms with van der Waals surface area (Å²) >= 11 is 1.77. The minimum Gasteiger partial charge on any atom is -0.255 e. The molecule has 0 saturated heterocycles. The van der Waals surface area contributed by atoms with E-state index in [9.17, 15) is 0 Å². The van der Waals surface area contributed by atoms with Crippen molar-refractivity contribution >= 4 is 42.4 Å². The fraction of sp³-hybridized carbons (Fsp3) is 0. The van der Waals surface area contributed by atoms with Crippen LogP contribution in [-0.4, -0.2) is 15.0 Å². The maximum atomic E-state index is 4.61. The van der Waals surface area contributed by atoms with Gasteiger partial charge in [0.15, 0.2) is 0 Å². The Labute approximate surface area is 136 Å². The third-order valence-electron chi connectivity index (χ3n) is 4.03. The lowest BCUT2D eigenvalue weighted by Crippen LogP contribution is -1.88. The van der Waals surface area contributed by atoms with Crippen LogP contribution in [0.25, 0.3) is 42.5 Å². The standard InChI is InChI=1S/C19H11N3S/c1-2-6-17-13(5-1)14-7-9-21-18(19(14)23-17)15-10-12-4-3-8-20-16(12)11-22-15/h1-11H. The number of hydrogen-bond acceptors (Lipinski definition) is 4. The normalized spacial score (nSPS) is 11.5. The van der Waals surface area contributed by atoms with Gasteiger partial charge in [0, 0.05) is 33.3 Å². The zero-order valence-electron chi connectivity index (χ0n) is 12.1. The molecule has 108 valence electrons. The Hall–Kier alpha value is -2.85. The van der Waals surface area contributed by atoms with Crippen LogP contribution in [0.3, 0.4) is 0 Å². The third-order valence-corrected chi connectivity index (χ3v) is 5.22. The maximum absolute atomic E-state index is 4.61. The van der Waals surface area contributed by atoms with E-state index in [0.717, 1.165) is 22.3 Å². The van der Waals surface area contributed by atoms with Crippen LogP contribution in [-0.2, 0) is 0 Å². The van der Waals surface area contributed by atoms with E-state index in [0.29, 0.717) is 0 Å². The van der Waals surface area contributed by atoms with Crippen LogP contribution < -0.4 is 0 Å². The van der Waals surface area contributed by atoms with Crippen molar-refractivity contribution in [3.8, 4) is 11.4 Å². The van der Waals surface area contributed by atoms with Crippen LogP contribution in [0.5, 0.6) is 0 Å². The largest absolute Gasteiger partial charge is 0.255 e. The van der Waals surface area contributed by atoms with Gasteiger partial charge in [-0.05, 0) is 24.3 Å². The van der Waals surface area contributed by atoms with E-state index in [1.807, 2.05) is 18.5 Å². The summed E-state index contributed by atoms with van der Waals surface area (Å²) in [5.74, 6) is 0. The summed E-state index contributed by atoms with van der Waals surface area (Å²) in [6.07, 6.45) is 5.47. The van der Waals surface area contributed by atoms with E-state index in [1.54, 1.807) is 17.5 Å². The fourth-order valence-electron chi connectivity index (χ4n) is 2.94. The van der Waals surface area contributed by atoms with E-state index in [2.05, 4.69) is 57.4 Å². The molecule has 0 bridgehead atoms. The number of pyridine rings is 3. The fourth-order valence-corrected chi connectivity index (χ4v) is 4.14. The topological polar surface area (TPSA) is 38.7 Å². The first-order chi connectivity index (χ1) is 11.4. The summed E-state index contributed by atoms with van der Waals surface area (Å²) in [5, 5.41) is 3.60. The zero-order chi connectivity index (χ0) is 15.2. The van der Waals surface area contributed by atoms with Crippen LogP contribution in [0.1, 0.15) is 0 Å². The van der Waals surface area contributed by atoms with Gasteiger partial charge in [0.2, 0.25) is 0 Å². The molecule has 0 unspecified atom stereocenters. The van der Waals surface area contributed by atoms with Crippen LogP contribution >= 0.6 is 11.3 Å². The molecule has 1 aromatic carbocycles. The van der Waals surface area contributed by atoms with Crippen molar-refractivity contribution in [1.82, 2.24) is 15.0 Å². The quantitative estimate of drug-likeness (QED) is 0.434. The Morgan fingerprint density at radius 3 is 2.74 bits per heavy atom. The molecular weight excluding hydrogens is 302 g/mol. The Morgan fingerprint density at radius 2 is 1.74 bits per heavy atom. The summed E-state index contributed by atoms with van der Waals surface area (Å²) in [6.45, 7) is 0. The number of hydrogen-bond donors (Lipinski definition) is 0. The molecular formula is C19H11N3S. The highest BCUT2D eigenvalue weighted by Crippen LogP contribution is 2.38. The molecule has 0 aliphatic rings. The molecule has 0 fully saturated rings. The molecule has 0 saturated carbocycles. The third kappa shape index (κ3) is 1.92. The van der Waals surface area contributed by atoms with Gasteiger partial charge < -0.3 is 0 Å². The van der Waals surface area contributed by atoms with Crippen molar-refractivity contribution in [3.63, 3.8) is 0 Å². The average molecular weight is 313 g/mol. The van der Waals surface area contributed by atoms with E-state index < -0.39 is 0 Å². The highest BCUT2D eigenvalue weighted by molar-refractivity contribution is 7.26. The first kappa shape index (κ1) is 12.7. The van der Waals surface area contributed by atoms with E-state index in [1.165, 1.54) is 20.2 Å². The van der Waals surface area contributed by atoms with Crippen molar-refractivity contribution in [1.29, 1.82) is 0 Å². The molecule has 5 rings (SSSR count). The van der Waals surface area contributed by atoms with Crippen LogP contribution in [0.4, 0.5) is 0 Å². The number of benzene rings is 1.